The quantitative estimate of drug-likeness (QED) is 0.854. The molecule has 0 heterocycles. The average Bonchev–Trinajstić information content (AvgIpc) is 2.54. The van der Waals surface area contributed by atoms with Crippen molar-refractivity contribution in [3.8, 4) is 0 Å². The summed E-state index contributed by atoms with van der Waals surface area (Å²) in [7, 11) is 0. The molecule has 3 N–H and O–H groups in total. The molecule has 0 bridgehead atoms. The van der Waals surface area contributed by atoms with Gasteiger partial charge in [-0.3, -0.25) is 9.59 Å². The van der Waals surface area contributed by atoms with Crippen LogP contribution in [-0.2, 0) is 10.5 Å². The molecule has 120 valence electrons. The van der Waals surface area contributed by atoms with Crippen LogP contribution in [0.5, 0.6) is 0 Å². The summed E-state index contributed by atoms with van der Waals surface area (Å²) >= 11 is 1.59. The molecule has 0 aliphatic heterocycles. The van der Waals surface area contributed by atoms with Crippen LogP contribution < -0.4 is 11.1 Å². The molecule has 5 heteroatoms. The molecule has 0 aliphatic rings. The first-order valence-corrected chi connectivity index (χ1v) is 8.39. The topological polar surface area (TPSA) is 72.2 Å². The zero-order valence-electron chi connectivity index (χ0n) is 13.2. The summed E-state index contributed by atoms with van der Waals surface area (Å²) in [5, 5.41) is 2.67. The number of amides is 2. The van der Waals surface area contributed by atoms with Crippen molar-refractivity contribution in [1.82, 2.24) is 0 Å². The second-order valence-electron chi connectivity index (χ2n) is 5.31. The third-order valence-corrected chi connectivity index (χ3v) is 4.75. The minimum atomic E-state index is -0.481. The lowest BCUT2D eigenvalue weighted by Crippen LogP contribution is -2.22. The van der Waals surface area contributed by atoms with Crippen LogP contribution in [0, 0.1) is 6.92 Å². The van der Waals surface area contributed by atoms with E-state index in [4.69, 9.17) is 5.73 Å². The molecule has 0 aliphatic carbocycles. The van der Waals surface area contributed by atoms with Crippen molar-refractivity contribution < 1.29 is 9.59 Å². The van der Waals surface area contributed by atoms with Gasteiger partial charge in [0.2, 0.25) is 11.8 Å². The highest BCUT2D eigenvalue weighted by Gasteiger charge is 2.14. The van der Waals surface area contributed by atoms with Gasteiger partial charge in [-0.2, -0.15) is 0 Å². The van der Waals surface area contributed by atoms with Gasteiger partial charge < -0.3 is 11.1 Å². The molecule has 0 spiro atoms. The summed E-state index contributed by atoms with van der Waals surface area (Å²) in [6.45, 7) is 3.96. The number of primary amides is 1. The Morgan fingerprint density at radius 1 is 1.13 bits per heavy atom. The Hall–Kier alpha value is -2.27. The molecular weight excluding hydrogens is 308 g/mol. The lowest BCUT2D eigenvalue weighted by atomic mass is 10.1. The highest BCUT2D eigenvalue weighted by atomic mass is 32.2. The van der Waals surface area contributed by atoms with Gasteiger partial charge in [-0.1, -0.05) is 24.3 Å². The molecule has 2 aromatic carbocycles. The summed E-state index contributed by atoms with van der Waals surface area (Å²) in [5.41, 5.74) is 8.74. The van der Waals surface area contributed by atoms with E-state index in [2.05, 4.69) is 24.4 Å². The molecule has 0 saturated heterocycles. The van der Waals surface area contributed by atoms with Gasteiger partial charge in [0, 0.05) is 17.0 Å². The normalized spacial score (nSPS) is 11.7. The Balaban J connectivity index is 1.89. The van der Waals surface area contributed by atoms with Crippen LogP contribution in [0.1, 0.15) is 28.4 Å². The fraction of sp³-hybridized carbons (Fsp3) is 0.222. The van der Waals surface area contributed by atoms with Crippen molar-refractivity contribution in [1.29, 1.82) is 0 Å². The number of thioether (sulfide) groups is 1. The molecule has 0 unspecified atom stereocenters. The summed E-state index contributed by atoms with van der Waals surface area (Å²) in [4.78, 5) is 23.2. The fourth-order valence-electron chi connectivity index (χ4n) is 2.02. The van der Waals surface area contributed by atoms with E-state index in [9.17, 15) is 9.59 Å². The lowest BCUT2D eigenvalue weighted by molar-refractivity contribution is -0.115. The van der Waals surface area contributed by atoms with Crippen LogP contribution in [0.4, 0.5) is 5.69 Å². The summed E-state index contributed by atoms with van der Waals surface area (Å²) in [5.74, 6) is 0.252. The Labute approximate surface area is 140 Å². The molecule has 0 saturated carbocycles. The van der Waals surface area contributed by atoms with Crippen LogP contribution in [-0.4, -0.2) is 17.1 Å². The molecule has 0 radical (unpaired) electrons. The average molecular weight is 328 g/mol. The zero-order chi connectivity index (χ0) is 16.8. The first kappa shape index (κ1) is 17.1. The Morgan fingerprint density at radius 3 is 2.39 bits per heavy atom. The summed E-state index contributed by atoms with van der Waals surface area (Å²) in [6.07, 6.45) is 0. The predicted octanol–water partition coefficient (Wildman–Crippen LogP) is 3.35. The van der Waals surface area contributed by atoms with E-state index in [-0.39, 0.29) is 11.2 Å². The number of hydrogen-bond acceptors (Lipinski definition) is 3. The van der Waals surface area contributed by atoms with E-state index < -0.39 is 5.91 Å². The molecule has 23 heavy (non-hydrogen) atoms. The largest absolute Gasteiger partial charge is 0.366 e. The second kappa shape index (κ2) is 7.83. The minimum absolute atomic E-state index is 0.0598. The van der Waals surface area contributed by atoms with Gasteiger partial charge in [-0.05, 0) is 49.2 Å². The van der Waals surface area contributed by atoms with Crippen molar-refractivity contribution in [2.24, 2.45) is 5.73 Å². The first-order chi connectivity index (χ1) is 11.0. The molecule has 2 rings (SSSR count). The third kappa shape index (κ3) is 4.86. The van der Waals surface area contributed by atoms with Crippen LogP contribution in [0.25, 0.3) is 0 Å². The Morgan fingerprint density at radius 2 is 1.78 bits per heavy atom. The monoisotopic (exact) mass is 328 g/mol. The Bertz CT molecular complexity index is 698. The number of rotatable bonds is 6. The van der Waals surface area contributed by atoms with Crippen molar-refractivity contribution >= 4 is 29.3 Å². The molecule has 2 amide bonds. The first-order valence-electron chi connectivity index (χ1n) is 7.34. The molecule has 4 nitrogen and oxygen atoms in total. The maximum Gasteiger partial charge on any atom is 0.248 e. The van der Waals surface area contributed by atoms with E-state index in [0.717, 1.165) is 5.75 Å². The van der Waals surface area contributed by atoms with Gasteiger partial charge in [0.25, 0.3) is 0 Å². The molecule has 0 aromatic heterocycles. The number of hydrogen-bond donors (Lipinski definition) is 2. The molecular formula is C18H20N2O2S. The number of benzene rings is 2. The van der Waals surface area contributed by atoms with E-state index in [1.807, 2.05) is 19.1 Å². The summed E-state index contributed by atoms with van der Waals surface area (Å²) < 4.78 is 0. The lowest BCUT2D eigenvalue weighted by Gasteiger charge is -2.13. The van der Waals surface area contributed by atoms with Gasteiger partial charge in [0.05, 0.1) is 5.25 Å². The van der Waals surface area contributed by atoms with Gasteiger partial charge >= 0.3 is 0 Å². The maximum atomic E-state index is 12.2. The number of nitrogens with two attached hydrogens (primary N) is 1. The second-order valence-corrected chi connectivity index (χ2v) is 6.64. The maximum absolute atomic E-state index is 12.2. The van der Waals surface area contributed by atoms with Crippen molar-refractivity contribution in [3.05, 3.63) is 65.2 Å². The van der Waals surface area contributed by atoms with E-state index in [0.29, 0.717) is 11.3 Å². The highest BCUT2D eigenvalue weighted by Crippen LogP contribution is 2.21. The van der Waals surface area contributed by atoms with Crippen LogP contribution in [0.15, 0.2) is 48.5 Å². The number of anilines is 1. The highest BCUT2D eigenvalue weighted by molar-refractivity contribution is 7.99. The smallest absolute Gasteiger partial charge is 0.248 e. The standard InChI is InChI=1S/C18H20N2O2S/c1-12-5-3-4-6-15(12)11-23-13(2)18(22)20-16-9-7-14(8-10-16)17(19)21/h3-10,13H,11H2,1-2H3,(H2,19,21)(H,20,22)/t13-/m1/s1. The van der Waals surface area contributed by atoms with Gasteiger partial charge in [-0.25, -0.2) is 0 Å². The van der Waals surface area contributed by atoms with Crippen molar-refractivity contribution in [3.63, 3.8) is 0 Å². The van der Waals surface area contributed by atoms with Crippen LogP contribution in [0.2, 0.25) is 0 Å². The Kier molecular flexibility index (Phi) is 5.82. The molecule has 1 atom stereocenters. The minimum Gasteiger partial charge on any atom is -0.366 e. The molecule has 0 fully saturated rings. The SMILES string of the molecule is Cc1ccccc1CS[C@H](C)C(=O)Nc1ccc(C(N)=O)cc1. The van der Waals surface area contributed by atoms with Gasteiger partial charge in [0.15, 0.2) is 0 Å². The molecule has 2 aromatic rings. The van der Waals surface area contributed by atoms with Gasteiger partial charge in [0.1, 0.15) is 0 Å². The summed E-state index contributed by atoms with van der Waals surface area (Å²) in [6, 6.07) is 14.7. The number of aryl methyl sites for hydroxylation is 1. The van der Waals surface area contributed by atoms with E-state index in [1.54, 1.807) is 36.0 Å². The zero-order valence-corrected chi connectivity index (χ0v) is 14.0. The van der Waals surface area contributed by atoms with E-state index in [1.165, 1.54) is 11.1 Å². The number of carbonyl (C=O) groups is 2. The number of carbonyl (C=O) groups excluding carboxylic acids is 2. The fourth-order valence-corrected chi connectivity index (χ4v) is 2.99. The van der Waals surface area contributed by atoms with Crippen molar-refractivity contribution in [2.75, 3.05) is 5.32 Å². The third-order valence-electron chi connectivity index (χ3n) is 3.56. The predicted molar refractivity (Wildman–Crippen MR) is 95.5 cm³/mol. The number of nitrogens with one attached hydrogen (secondary N) is 1. The van der Waals surface area contributed by atoms with Crippen molar-refractivity contribution in [2.45, 2.75) is 24.9 Å². The van der Waals surface area contributed by atoms with Gasteiger partial charge in [-0.15, -0.1) is 11.8 Å². The van der Waals surface area contributed by atoms with E-state index >= 15 is 0 Å². The van der Waals surface area contributed by atoms with Crippen LogP contribution >= 0.6 is 11.8 Å². The van der Waals surface area contributed by atoms with Crippen LogP contribution in [0.3, 0.4) is 0 Å².